The molecule has 21 heavy (non-hydrogen) atoms. The summed E-state index contributed by atoms with van der Waals surface area (Å²) in [6.45, 7) is 7.21. The van der Waals surface area contributed by atoms with Gasteiger partial charge in [-0.1, -0.05) is 37.3 Å². The van der Waals surface area contributed by atoms with E-state index < -0.39 is 0 Å². The lowest BCUT2D eigenvalue weighted by Gasteiger charge is -2.26. The number of aryl methyl sites for hydroxylation is 1. The van der Waals surface area contributed by atoms with Crippen LogP contribution in [0.3, 0.4) is 0 Å². The second-order valence-electron chi connectivity index (χ2n) is 5.52. The Balaban J connectivity index is 2.04. The van der Waals surface area contributed by atoms with Crippen LogP contribution >= 0.6 is 0 Å². The molecule has 0 aliphatic heterocycles. The van der Waals surface area contributed by atoms with Crippen molar-refractivity contribution in [1.29, 1.82) is 0 Å². The summed E-state index contributed by atoms with van der Waals surface area (Å²) < 4.78 is 0. The number of hydrogen-bond donors (Lipinski definition) is 1. The van der Waals surface area contributed by atoms with Gasteiger partial charge in [0.05, 0.1) is 0 Å². The predicted octanol–water partition coefficient (Wildman–Crippen LogP) is 3.17. The van der Waals surface area contributed by atoms with Gasteiger partial charge in [0.15, 0.2) is 0 Å². The molecule has 112 valence electrons. The molecule has 1 N–H and O–H groups in total. The Labute approximate surface area is 128 Å². The molecule has 1 heterocycles. The van der Waals surface area contributed by atoms with E-state index >= 15 is 0 Å². The highest BCUT2D eigenvalue weighted by molar-refractivity contribution is 5.29. The van der Waals surface area contributed by atoms with Gasteiger partial charge in [0.1, 0.15) is 0 Å². The summed E-state index contributed by atoms with van der Waals surface area (Å²) >= 11 is 0. The molecule has 0 spiro atoms. The first-order valence-corrected chi connectivity index (χ1v) is 7.57. The van der Waals surface area contributed by atoms with Crippen LogP contribution in [0.15, 0.2) is 48.8 Å². The third kappa shape index (κ3) is 4.66. The lowest BCUT2D eigenvalue weighted by Crippen LogP contribution is -2.33. The summed E-state index contributed by atoms with van der Waals surface area (Å²) in [6.07, 6.45) is 3.75. The van der Waals surface area contributed by atoms with Crippen LogP contribution in [0.5, 0.6) is 0 Å². The fourth-order valence-corrected chi connectivity index (χ4v) is 2.68. The molecular formula is C18H25N3. The summed E-state index contributed by atoms with van der Waals surface area (Å²) in [5, 5.41) is 3.60. The van der Waals surface area contributed by atoms with Gasteiger partial charge in [0.2, 0.25) is 0 Å². The lowest BCUT2D eigenvalue weighted by molar-refractivity contribution is 0.284. The molecule has 0 aliphatic rings. The molecule has 1 unspecified atom stereocenters. The number of pyridine rings is 1. The van der Waals surface area contributed by atoms with E-state index in [1.165, 1.54) is 16.7 Å². The molecular weight excluding hydrogens is 258 g/mol. The topological polar surface area (TPSA) is 28.2 Å². The van der Waals surface area contributed by atoms with E-state index in [0.29, 0.717) is 6.04 Å². The van der Waals surface area contributed by atoms with Gasteiger partial charge in [-0.05, 0) is 43.3 Å². The second kappa shape index (κ2) is 7.91. The van der Waals surface area contributed by atoms with Crippen LogP contribution in [-0.4, -0.2) is 30.0 Å². The van der Waals surface area contributed by atoms with Crippen LogP contribution in [0.4, 0.5) is 0 Å². The maximum absolute atomic E-state index is 4.18. The van der Waals surface area contributed by atoms with E-state index in [-0.39, 0.29) is 0 Å². The van der Waals surface area contributed by atoms with E-state index in [1.54, 1.807) is 0 Å². The Morgan fingerprint density at radius 3 is 2.67 bits per heavy atom. The molecule has 3 heteroatoms. The first-order valence-electron chi connectivity index (χ1n) is 7.57. The number of hydrogen-bond acceptors (Lipinski definition) is 3. The number of benzene rings is 1. The van der Waals surface area contributed by atoms with Gasteiger partial charge < -0.3 is 10.2 Å². The Kier molecular flexibility index (Phi) is 5.90. The summed E-state index contributed by atoms with van der Waals surface area (Å²) in [4.78, 5) is 6.53. The average Bonchev–Trinajstić information content (AvgIpc) is 2.48. The first kappa shape index (κ1) is 15.7. The minimum Gasteiger partial charge on any atom is -0.309 e. The van der Waals surface area contributed by atoms with Crippen molar-refractivity contribution in [3.63, 3.8) is 0 Å². The van der Waals surface area contributed by atoms with E-state index in [9.17, 15) is 0 Å². The number of nitrogens with one attached hydrogen (secondary N) is 1. The molecule has 0 amide bonds. The first-order chi connectivity index (χ1) is 10.2. The summed E-state index contributed by atoms with van der Waals surface area (Å²) in [6, 6.07) is 13.1. The summed E-state index contributed by atoms with van der Waals surface area (Å²) in [5.41, 5.74) is 3.98. The number of aromatic nitrogens is 1. The van der Waals surface area contributed by atoms with Gasteiger partial charge in [0, 0.05) is 31.5 Å². The molecule has 2 rings (SSSR count). The van der Waals surface area contributed by atoms with Crippen molar-refractivity contribution in [2.24, 2.45) is 0 Å². The predicted molar refractivity (Wildman–Crippen MR) is 88.2 cm³/mol. The van der Waals surface area contributed by atoms with Crippen LogP contribution in [0.25, 0.3) is 0 Å². The monoisotopic (exact) mass is 283 g/mol. The van der Waals surface area contributed by atoms with Crippen molar-refractivity contribution in [3.8, 4) is 0 Å². The molecule has 0 saturated carbocycles. The van der Waals surface area contributed by atoms with Crippen LogP contribution in [0.2, 0.25) is 0 Å². The standard InChI is InChI=1S/C18H25N3/c1-4-20-18(17-10-6-5-8-15(17)2)14-21(3)13-16-9-7-11-19-12-16/h5-12,18,20H,4,13-14H2,1-3H3. The van der Waals surface area contributed by atoms with Crippen molar-refractivity contribution in [2.45, 2.75) is 26.4 Å². The van der Waals surface area contributed by atoms with E-state index in [4.69, 9.17) is 0 Å². The van der Waals surface area contributed by atoms with Gasteiger partial charge in [-0.2, -0.15) is 0 Å². The normalized spacial score (nSPS) is 12.6. The molecule has 1 atom stereocenters. The van der Waals surface area contributed by atoms with E-state index in [2.05, 4.69) is 66.4 Å². The van der Waals surface area contributed by atoms with Gasteiger partial charge in [0.25, 0.3) is 0 Å². The zero-order chi connectivity index (χ0) is 15.1. The molecule has 0 saturated heterocycles. The average molecular weight is 283 g/mol. The number of likely N-dealkylation sites (N-methyl/N-ethyl adjacent to an activating group) is 2. The van der Waals surface area contributed by atoms with Crippen molar-refractivity contribution in [2.75, 3.05) is 20.1 Å². The van der Waals surface area contributed by atoms with Crippen LogP contribution < -0.4 is 5.32 Å². The zero-order valence-electron chi connectivity index (χ0n) is 13.2. The molecule has 0 fully saturated rings. The Bertz CT molecular complexity index is 539. The number of nitrogens with zero attached hydrogens (tertiary/aromatic N) is 2. The van der Waals surface area contributed by atoms with Crippen LogP contribution in [0.1, 0.15) is 29.7 Å². The van der Waals surface area contributed by atoms with Gasteiger partial charge in [-0.25, -0.2) is 0 Å². The summed E-state index contributed by atoms with van der Waals surface area (Å²) in [7, 11) is 2.16. The third-order valence-electron chi connectivity index (χ3n) is 3.68. The Morgan fingerprint density at radius 1 is 1.19 bits per heavy atom. The highest BCUT2D eigenvalue weighted by Gasteiger charge is 2.14. The highest BCUT2D eigenvalue weighted by atomic mass is 15.1. The largest absolute Gasteiger partial charge is 0.309 e. The van der Waals surface area contributed by atoms with E-state index in [0.717, 1.165) is 19.6 Å². The van der Waals surface area contributed by atoms with E-state index in [1.807, 2.05) is 18.5 Å². The Hall–Kier alpha value is -1.71. The molecule has 1 aromatic heterocycles. The van der Waals surface area contributed by atoms with Crippen LogP contribution in [0, 0.1) is 6.92 Å². The maximum atomic E-state index is 4.18. The van der Waals surface area contributed by atoms with Crippen LogP contribution in [-0.2, 0) is 6.54 Å². The Morgan fingerprint density at radius 2 is 2.00 bits per heavy atom. The van der Waals surface area contributed by atoms with Crippen molar-refractivity contribution < 1.29 is 0 Å². The molecule has 2 aromatic rings. The fraction of sp³-hybridized carbons (Fsp3) is 0.389. The maximum Gasteiger partial charge on any atom is 0.0451 e. The van der Waals surface area contributed by atoms with Gasteiger partial charge >= 0.3 is 0 Å². The SMILES string of the molecule is CCNC(CN(C)Cc1cccnc1)c1ccccc1C. The quantitative estimate of drug-likeness (QED) is 0.846. The minimum atomic E-state index is 0.359. The van der Waals surface area contributed by atoms with Crippen molar-refractivity contribution in [1.82, 2.24) is 15.2 Å². The van der Waals surface area contributed by atoms with Gasteiger partial charge in [-0.3, -0.25) is 4.98 Å². The highest BCUT2D eigenvalue weighted by Crippen LogP contribution is 2.18. The summed E-state index contributed by atoms with van der Waals surface area (Å²) in [5.74, 6) is 0. The fourth-order valence-electron chi connectivity index (χ4n) is 2.68. The lowest BCUT2D eigenvalue weighted by atomic mass is 10.0. The van der Waals surface area contributed by atoms with Crippen molar-refractivity contribution >= 4 is 0 Å². The zero-order valence-corrected chi connectivity index (χ0v) is 13.2. The molecule has 1 aromatic carbocycles. The van der Waals surface area contributed by atoms with Crippen molar-refractivity contribution in [3.05, 3.63) is 65.5 Å². The molecule has 0 aliphatic carbocycles. The van der Waals surface area contributed by atoms with Gasteiger partial charge in [-0.15, -0.1) is 0 Å². The number of rotatable bonds is 7. The molecule has 3 nitrogen and oxygen atoms in total. The molecule has 0 radical (unpaired) electrons. The molecule has 0 bridgehead atoms. The third-order valence-corrected chi connectivity index (χ3v) is 3.68. The smallest absolute Gasteiger partial charge is 0.0451 e. The minimum absolute atomic E-state index is 0.359. The second-order valence-corrected chi connectivity index (χ2v) is 5.52.